The molecule has 1 amide bonds. The minimum absolute atomic E-state index is 0.0657. The SMILES string of the molecule is CCCCN(C(=O)Cn1nnc(-c2ccc(F)c(C)c2)n1)c1c(N)n(CCC)c(=O)[nH]c1=O. The minimum Gasteiger partial charge on any atom is -0.383 e. The van der Waals surface area contributed by atoms with Gasteiger partial charge in [0.25, 0.3) is 11.5 Å². The van der Waals surface area contributed by atoms with Crippen molar-refractivity contribution in [3.8, 4) is 11.4 Å². The van der Waals surface area contributed by atoms with E-state index in [0.717, 1.165) is 11.2 Å². The number of rotatable bonds is 9. The highest BCUT2D eigenvalue weighted by Gasteiger charge is 2.25. The van der Waals surface area contributed by atoms with Gasteiger partial charge < -0.3 is 10.6 Å². The van der Waals surface area contributed by atoms with Crippen LogP contribution in [-0.2, 0) is 17.9 Å². The first-order valence-corrected chi connectivity index (χ1v) is 10.7. The van der Waals surface area contributed by atoms with Gasteiger partial charge in [0.2, 0.25) is 5.82 Å². The number of benzene rings is 1. The fraction of sp³-hybridized carbons (Fsp3) is 0.429. The summed E-state index contributed by atoms with van der Waals surface area (Å²) >= 11 is 0. The second kappa shape index (κ2) is 10.2. The number of aromatic nitrogens is 6. The van der Waals surface area contributed by atoms with Crippen molar-refractivity contribution in [3.05, 3.63) is 50.4 Å². The second-order valence-corrected chi connectivity index (χ2v) is 7.65. The molecule has 0 fully saturated rings. The van der Waals surface area contributed by atoms with E-state index < -0.39 is 17.2 Å². The zero-order chi connectivity index (χ0) is 24.1. The van der Waals surface area contributed by atoms with Gasteiger partial charge in [-0.2, -0.15) is 4.80 Å². The number of amides is 1. The molecule has 0 atom stereocenters. The highest BCUT2D eigenvalue weighted by atomic mass is 19.1. The lowest BCUT2D eigenvalue weighted by Crippen LogP contribution is -2.43. The Kier molecular flexibility index (Phi) is 7.36. The number of hydrogen-bond acceptors (Lipinski definition) is 7. The molecule has 1 aromatic carbocycles. The molecule has 12 heteroatoms. The van der Waals surface area contributed by atoms with Crippen LogP contribution in [0.1, 0.15) is 38.7 Å². The van der Waals surface area contributed by atoms with Gasteiger partial charge in [0, 0.05) is 18.7 Å². The first-order chi connectivity index (χ1) is 15.8. The zero-order valence-electron chi connectivity index (χ0n) is 18.8. The Hall–Kier alpha value is -3.83. The largest absolute Gasteiger partial charge is 0.383 e. The molecule has 3 rings (SSSR count). The van der Waals surface area contributed by atoms with Crippen LogP contribution in [0.4, 0.5) is 15.9 Å². The summed E-state index contributed by atoms with van der Waals surface area (Å²) in [4.78, 5) is 42.5. The Bertz CT molecular complexity index is 1260. The van der Waals surface area contributed by atoms with Crippen LogP contribution in [0.25, 0.3) is 11.4 Å². The standard InChI is InChI=1S/C21H27FN8O3/c1-4-6-10-28(17-18(23)29(9-5-2)21(33)24-20(17)32)16(31)12-30-26-19(25-27-30)14-7-8-15(22)13(3)11-14/h7-8,11H,4-6,9-10,12,23H2,1-3H3,(H,24,32,33). The third kappa shape index (κ3) is 5.16. The lowest BCUT2D eigenvalue weighted by Gasteiger charge is -2.24. The van der Waals surface area contributed by atoms with E-state index in [1.54, 1.807) is 13.0 Å². The molecule has 0 radical (unpaired) electrons. The molecule has 11 nitrogen and oxygen atoms in total. The topological polar surface area (TPSA) is 145 Å². The highest BCUT2D eigenvalue weighted by Crippen LogP contribution is 2.20. The monoisotopic (exact) mass is 458 g/mol. The average Bonchev–Trinajstić information content (AvgIpc) is 3.23. The number of carbonyl (C=O) groups is 1. The fourth-order valence-corrected chi connectivity index (χ4v) is 3.38. The van der Waals surface area contributed by atoms with E-state index in [1.807, 2.05) is 13.8 Å². The molecule has 176 valence electrons. The summed E-state index contributed by atoms with van der Waals surface area (Å²) in [5, 5.41) is 12.1. The normalized spacial score (nSPS) is 11.0. The van der Waals surface area contributed by atoms with Gasteiger partial charge in [0.05, 0.1) is 0 Å². The summed E-state index contributed by atoms with van der Waals surface area (Å²) in [6.07, 6.45) is 2.00. The highest BCUT2D eigenvalue weighted by molar-refractivity contribution is 5.95. The molecule has 3 aromatic rings. The predicted octanol–water partition coefficient (Wildman–Crippen LogP) is 1.46. The molecule has 0 saturated heterocycles. The third-order valence-electron chi connectivity index (χ3n) is 5.11. The molecule has 0 aliphatic rings. The first kappa shape index (κ1) is 23.8. The van der Waals surface area contributed by atoms with Crippen molar-refractivity contribution in [1.82, 2.24) is 29.8 Å². The van der Waals surface area contributed by atoms with E-state index in [1.165, 1.54) is 21.6 Å². The minimum atomic E-state index is -0.733. The van der Waals surface area contributed by atoms with Crippen molar-refractivity contribution in [1.29, 1.82) is 0 Å². The Labute approximate surface area is 189 Å². The molecule has 33 heavy (non-hydrogen) atoms. The van der Waals surface area contributed by atoms with Gasteiger partial charge in [-0.25, -0.2) is 9.18 Å². The lowest BCUT2D eigenvalue weighted by atomic mass is 10.1. The molecule has 0 saturated carbocycles. The van der Waals surface area contributed by atoms with Gasteiger partial charge in [0.15, 0.2) is 5.69 Å². The van der Waals surface area contributed by atoms with Gasteiger partial charge in [-0.05, 0) is 48.7 Å². The van der Waals surface area contributed by atoms with Gasteiger partial charge in [0.1, 0.15) is 18.2 Å². The number of anilines is 2. The van der Waals surface area contributed by atoms with Crippen LogP contribution in [0, 0.1) is 12.7 Å². The summed E-state index contributed by atoms with van der Waals surface area (Å²) in [5.41, 5.74) is 5.71. The van der Waals surface area contributed by atoms with Gasteiger partial charge in [-0.3, -0.25) is 19.1 Å². The van der Waals surface area contributed by atoms with E-state index >= 15 is 0 Å². The van der Waals surface area contributed by atoms with E-state index in [0.29, 0.717) is 30.5 Å². The summed E-state index contributed by atoms with van der Waals surface area (Å²) in [7, 11) is 0. The van der Waals surface area contributed by atoms with Crippen LogP contribution in [0.3, 0.4) is 0 Å². The van der Waals surface area contributed by atoms with Crippen LogP contribution in [0.15, 0.2) is 27.8 Å². The molecular formula is C21H27FN8O3. The van der Waals surface area contributed by atoms with Crippen molar-refractivity contribution in [2.75, 3.05) is 17.2 Å². The molecule has 3 N–H and O–H groups in total. The maximum atomic E-state index is 13.5. The van der Waals surface area contributed by atoms with Crippen molar-refractivity contribution in [2.24, 2.45) is 0 Å². The van der Waals surface area contributed by atoms with Crippen molar-refractivity contribution in [2.45, 2.75) is 53.1 Å². The lowest BCUT2D eigenvalue weighted by molar-refractivity contribution is -0.119. The number of nitrogens with one attached hydrogen (secondary N) is 1. The molecule has 2 aromatic heterocycles. The van der Waals surface area contributed by atoms with Gasteiger partial charge in [-0.1, -0.05) is 20.3 Å². The Balaban J connectivity index is 1.92. The number of halogens is 1. The number of nitrogens with zero attached hydrogens (tertiary/aromatic N) is 6. The number of H-pyrrole nitrogens is 1. The first-order valence-electron chi connectivity index (χ1n) is 10.7. The number of hydrogen-bond donors (Lipinski definition) is 2. The second-order valence-electron chi connectivity index (χ2n) is 7.65. The molecule has 0 bridgehead atoms. The van der Waals surface area contributed by atoms with Crippen LogP contribution >= 0.6 is 0 Å². The number of nitrogens with two attached hydrogens (primary N) is 1. The van der Waals surface area contributed by atoms with E-state index in [9.17, 15) is 18.8 Å². The van der Waals surface area contributed by atoms with Crippen molar-refractivity contribution in [3.63, 3.8) is 0 Å². The van der Waals surface area contributed by atoms with E-state index in [4.69, 9.17) is 5.73 Å². The average molecular weight is 458 g/mol. The number of aromatic amines is 1. The number of nitrogen functional groups attached to an aromatic ring is 1. The van der Waals surface area contributed by atoms with E-state index in [-0.39, 0.29) is 36.2 Å². The quantitative estimate of drug-likeness (QED) is 0.494. The molecule has 0 unspecified atom stereocenters. The van der Waals surface area contributed by atoms with Crippen molar-refractivity contribution < 1.29 is 9.18 Å². The summed E-state index contributed by atoms with van der Waals surface area (Å²) in [6, 6.07) is 4.42. The summed E-state index contributed by atoms with van der Waals surface area (Å²) in [5.74, 6) is -0.661. The maximum Gasteiger partial charge on any atom is 0.330 e. The zero-order valence-corrected chi connectivity index (χ0v) is 18.8. The molecule has 2 heterocycles. The van der Waals surface area contributed by atoms with Crippen LogP contribution in [-0.4, -0.2) is 42.2 Å². The number of aryl methyl sites for hydroxylation is 1. The fourth-order valence-electron chi connectivity index (χ4n) is 3.38. The van der Waals surface area contributed by atoms with Gasteiger partial charge >= 0.3 is 5.69 Å². The molecule has 0 aliphatic heterocycles. The molecule has 0 aliphatic carbocycles. The number of carbonyl (C=O) groups excluding carboxylic acids is 1. The predicted molar refractivity (Wildman–Crippen MR) is 121 cm³/mol. The molecular weight excluding hydrogens is 431 g/mol. The third-order valence-corrected chi connectivity index (χ3v) is 5.11. The summed E-state index contributed by atoms with van der Waals surface area (Å²) < 4.78 is 14.8. The molecule has 0 spiro atoms. The number of tetrazole rings is 1. The van der Waals surface area contributed by atoms with Crippen molar-refractivity contribution >= 4 is 17.4 Å². The summed E-state index contributed by atoms with van der Waals surface area (Å²) in [6.45, 7) is 5.67. The Morgan fingerprint density at radius 1 is 1.24 bits per heavy atom. The smallest absolute Gasteiger partial charge is 0.330 e. The Morgan fingerprint density at radius 3 is 2.67 bits per heavy atom. The maximum absolute atomic E-state index is 13.5. The Morgan fingerprint density at radius 2 is 2.00 bits per heavy atom. The number of unbranched alkanes of at least 4 members (excludes halogenated alkanes) is 1. The van der Waals surface area contributed by atoms with Crippen LogP contribution in [0.5, 0.6) is 0 Å². The van der Waals surface area contributed by atoms with E-state index in [2.05, 4.69) is 20.4 Å². The van der Waals surface area contributed by atoms with Crippen LogP contribution < -0.4 is 21.9 Å². The van der Waals surface area contributed by atoms with Crippen LogP contribution in [0.2, 0.25) is 0 Å². The van der Waals surface area contributed by atoms with Gasteiger partial charge in [-0.15, -0.1) is 10.2 Å².